The molecule has 0 unspecified atom stereocenters. The van der Waals surface area contributed by atoms with Crippen molar-refractivity contribution in [2.75, 3.05) is 12.4 Å². The predicted octanol–water partition coefficient (Wildman–Crippen LogP) is 4.10. The Bertz CT molecular complexity index is 999. The standard InChI is InChI=1S/C22H22N2O3S/c1-16-8-10-17(11-9-16)23-22(26)14-24-13-21(27-2)20(25)12-18(24)15-28-19-6-4-3-5-7-19/h3-13H,14-15H2,1-2H3,(H,23,26). The SMILES string of the molecule is COc1cn(CC(=O)Nc2ccc(C)cc2)c(CSc2ccccc2)cc1=O. The Balaban J connectivity index is 1.78. The summed E-state index contributed by atoms with van der Waals surface area (Å²) in [5.74, 6) is 0.623. The van der Waals surface area contributed by atoms with Crippen molar-refractivity contribution in [3.05, 3.63) is 88.3 Å². The van der Waals surface area contributed by atoms with Gasteiger partial charge < -0.3 is 14.6 Å². The van der Waals surface area contributed by atoms with Crippen LogP contribution in [0.1, 0.15) is 11.3 Å². The average Bonchev–Trinajstić information content (AvgIpc) is 2.70. The number of methoxy groups -OCH3 is 1. The maximum atomic E-state index is 12.5. The van der Waals surface area contributed by atoms with Crippen LogP contribution in [0.15, 0.2) is 76.6 Å². The first-order chi connectivity index (χ1) is 13.5. The molecule has 0 aliphatic heterocycles. The zero-order valence-corrected chi connectivity index (χ0v) is 16.7. The van der Waals surface area contributed by atoms with Crippen LogP contribution in [0.25, 0.3) is 0 Å². The number of aromatic nitrogens is 1. The second kappa shape index (κ2) is 9.28. The summed E-state index contributed by atoms with van der Waals surface area (Å²) in [6.07, 6.45) is 1.60. The van der Waals surface area contributed by atoms with E-state index in [9.17, 15) is 9.59 Å². The van der Waals surface area contributed by atoms with Gasteiger partial charge in [-0.3, -0.25) is 9.59 Å². The quantitative estimate of drug-likeness (QED) is 0.613. The molecule has 28 heavy (non-hydrogen) atoms. The van der Waals surface area contributed by atoms with Gasteiger partial charge in [0, 0.05) is 28.1 Å². The van der Waals surface area contributed by atoms with Crippen LogP contribution in [0.2, 0.25) is 0 Å². The van der Waals surface area contributed by atoms with Gasteiger partial charge >= 0.3 is 0 Å². The fraction of sp³-hybridized carbons (Fsp3) is 0.182. The number of anilines is 1. The lowest BCUT2D eigenvalue weighted by Gasteiger charge is -2.15. The molecule has 2 aromatic carbocycles. The van der Waals surface area contributed by atoms with E-state index < -0.39 is 0 Å². The Kier molecular flexibility index (Phi) is 6.55. The highest BCUT2D eigenvalue weighted by Crippen LogP contribution is 2.22. The van der Waals surface area contributed by atoms with Crippen molar-refractivity contribution < 1.29 is 9.53 Å². The molecule has 3 rings (SSSR count). The predicted molar refractivity (Wildman–Crippen MR) is 113 cm³/mol. The summed E-state index contributed by atoms with van der Waals surface area (Å²) in [6.45, 7) is 2.09. The molecule has 0 aliphatic rings. The summed E-state index contributed by atoms with van der Waals surface area (Å²) < 4.78 is 6.91. The Morgan fingerprint density at radius 3 is 2.50 bits per heavy atom. The second-order valence-electron chi connectivity index (χ2n) is 6.34. The van der Waals surface area contributed by atoms with Gasteiger partial charge in [-0.25, -0.2) is 0 Å². The molecule has 0 spiro atoms. The van der Waals surface area contributed by atoms with Crippen molar-refractivity contribution in [2.24, 2.45) is 0 Å². The molecule has 0 aliphatic carbocycles. The molecule has 0 saturated heterocycles. The molecule has 0 fully saturated rings. The Labute approximate surface area is 168 Å². The molecule has 1 N–H and O–H groups in total. The summed E-state index contributed by atoms with van der Waals surface area (Å²) in [7, 11) is 1.45. The van der Waals surface area contributed by atoms with Crippen LogP contribution >= 0.6 is 11.8 Å². The number of benzene rings is 2. The summed E-state index contributed by atoms with van der Waals surface area (Å²) >= 11 is 1.61. The van der Waals surface area contributed by atoms with Crippen molar-refractivity contribution in [1.82, 2.24) is 4.57 Å². The number of hydrogen-bond acceptors (Lipinski definition) is 4. The molecule has 5 nitrogen and oxygen atoms in total. The van der Waals surface area contributed by atoms with E-state index in [-0.39, 0.29) is 23.6 Å². The number of amides is 1. The Morgan fingerprint density at radius 1 is 1.11 bits per heavy atom. The molecule has 6 heteroatoms. The van der Waals surface area contributed by atoms with Gasteiger partial charge in [-0.1, -0.05) is 35.9 Å². The smallest absolute Gasteiger partial charge is 0.244 e. The Morgan fingerprint density at radius 2 is 1.82 bits per heavy atom. The van der Waals surface area contributed by atoms with Crippen LogP contribution in [0, 0.1) is 6.92 Å². The van der Waals surface area contributed by atoms with E-state index in [0.29, 0.717) is 5.75 Å². The number of carbonyl (C=O) groups is 1. The van der Waals surface area contributed by atoms with Crippen molar-refractivity contribution in [2.45, 2.75) is 24.1 Å². The zero-order valence-electron chi connectivity index (χ0n) is 15.8. The molecule has 0 bridgehead atoms. The van der Waals surface area contributed by atoms with Crippen molar-refractivity contribution >= 4 is 23.4 Å². The highest BCUT2D eigenvalue weighted by atomic mass is 32.2. The van der Waals surface area contributed by atoms with E-state index >= 15 is 0 Å². The van der Waals surface area contributed by atoms with Crippen molar-refractivity contribution in [3.63, 3.8) is 0 Å². The summed E-state index contributed by atoms with van der Waals surface area (Å²) in [5, 5.41) is 2.89. The zero-order chi connectivity index (χ0) is 19.9. The lowest BCUT2D eigenvalue weighted by atomic mass is 10.2. The topological polar surface area (TPSA) is 60.3 Å². The number of pyridine rings is 1. The number of hydrogen-bond donors (Lipinski definition) is 1. The molecule has 3 aromatic rings. The fourth-order valence-corrected chi connectivity index (χ4v) is 3.60. The van der Waals surface area contributed by atoms with Gasteiger partial charge in [-0.15, -0.1) is 11.8 Å². The minimum absolute atomic E-state index is 0.0925. The number of aryl methyl sites for hydroxylation is 1. The second-order valence-corrected chi connectivity index (χ2v) is 7.39. The number of nitrogens with one attached hydrogen (secondary N) is 1. The molecular weight excluding hydrogens is 372 g/mol. The molecule has 0 atom stereocenters. The average molecular weight is 394 g/mol. The first kappa shape index (κ1) is 19.8. The first-order valence-corrected chi connectivity index (χ1v) is 9.85. The van der Waals surface area contributed by atoms with Crippen LogP contribution < -0.4 is 15.5 Å². The van der Waals surface area contributed by atoms with E-state index in [1.165, 1.54) is 13.2 Å². The maximum Gasteiger partial charge on any atom is 0.244 e. The third-order valence-electron chi connectivity index (χ3n) is 4.18. The van der Waals surface area contributed by atoms with Gasteiger partial charge in [0.2, 0.25) is 11.3 Å². The van der Waals surface area contributed by atoms with Gasteiger partial charge in [0.25, 0.3) is 0 Å². The van der Waals surface area contributed by atoms with E-state index in [1.807, 2.05) is 61.5 Å². The summed E-state index contributed by atoms with van der Waals surface area (Å²) in [4.78, 5) is 25.8. The van der Waals surface area contributed by atoms with E-state index in [2.05, 4.69) is 5.32 Å². The maximum absolute atomic E-state index is 12.5. The van der Waals surface area contributed by atoms with Gasteiger partial charge in [0.15, 0.2) is 5.75 Å². The molecular formula is C22H22N2O3S. The molecule has 1 heterocycles. The van der Waals surface area contributed by atoms with Gasteiger partial charge in [0.1, 0.15) is 6.54 Å². The highest BCUT2D eigenvalue weighted by molar-refractivity contribution is 7.98. The molecule has 1 aromatic heterocycles. The van der Waals surface area contributed by atoms with Crippen LogP contribution in [0.5, 0.6) is 5.75 Å². The lowest BCUT2D eigenvalue weighted by molar-refractivity contribution is -0.116. The number of carbonyl (C=O) groups excluding carboxylic acids is 1. The van der Waals surface area contributed by atoms with Crippen LogP contribution in [-0.2, 0) is 17.1 Å². The lowest BCUT2D eigenvalue weighted by Crippen LogP contribution is -2.22. The fourth-order valence-electron chi connectivity index (χ4n) is 2.68. The van der Waals surface area contributed by atoms with Crippen LogP contribution in [0.3, 0.4) is 0 Å². The molecule has 1 amide bonds. The van der Waals surface area contributed by atoms with Crippen LogP contribution in [0.4, 0.5) is 5.69 Å². The van der Waals surface area contributed by atoms with Gasteiger partial charge in [-0.05, 0) is 31.2 Å². The van der Waals surface area contributed by atoms with E-state index in [4.69, 9.17) is 4.74 Å². The molecule has 0 saturated carbocycles. The largest absolute Gasteiger partial charge is 0.491 e. The third kappa shape index (κ3) is 5.27. The normalized spacial score (nSPS) is 10.5. The van der Waals surface area contributed by atoms with E-state index in [1.54, 1.807) is 22.5 Å². The molecule has 144 valence electrons. The van der Waals surface area contributed by atoms with Gasteiger partial charge in [0.05, 0.1) is 13.3 Å². The number of rotatable bonds is 7. The number of thioether (sulfide) groups is 1. The monoisotopic (exact) mass is 394 g/mol. The minimum Gasteiger partial charge on any atom is -0.491 e. The summed E-state index contributed by atoms with van der Waals surface area (Å²) in [6, 6.07) is 19.1. The number of ether oxygens (including phenoxy) is 1. The van der Waals surface area contributed by atoms with Gasteiger partial charge in [-0.2, -0.15) is 0 Å². The number of nitrogens with zero attached hydrogens (tertiary/aromatic N) is 1. The highest BCUT2D eigenvalue weighted by Gasteiger charge is 2.11. The Hall–Kier alpha value is -2.99. The minimum atomic E-state index is -0.193. The van der Waals surface area contributed by atoms with Crippen molar-refractivity contribution in [3.8, 4) is 5.75 Å². The van der Waals surface area contributed by atoms with Crippen molar-refractivity contribution in [1.29, 1.82) is 0 Å². The third-order valence-corrected chi connectivity index (χ3v) is 5.23. The first-order valence-electron chi connectivity index (χ1n) is 8.87. The van der Waals surface area contributed by atoms with E-state index in [0.717, 1.165) is 21.8 Å². The summed E-state index contributed by atoms with van der Waals surface area (Å²) in [5.41, 5.74) is 2.44. The van der Waals surface area contributed by atoms with Crippen LogP contribution in [-0.4, -0.2) is 17.6 Å². The molecule has 0 radical (unpaired) electrons.